The van der Waals surface area contributed by atoms with Crippen molar-refractivity contribution in [1.82, 2.24) is 9.47 Å². The van der Waals surface area contributed by atoms with Crippen molar-refractivity contribution in [2.24, 2.45) is 0 Å². The molecule has 2 aromatic carbocycles. The van der Waals surface area contributed by atoms with E-state index in [1.807, 2.05) is 49.4 Å². The molecule has 30 heavy (non-hydrogen) atoms. The molecule has 2 heterocycles. The summed E-state index contributed by atoms with van der Waals surface area (Å²) in [5, 5.41) is 10.3. The fraction of sp³-hybridized carbons (Fsp3) is 0.227. The van der Waals surface area contributed by atoms with E-state index in [1.165, 1.54) is 6.20 Å². The zero-order valence-electron chi connectivity index (χ0n) is 16.1. The van der Waals surface area contributed by atoms with Crippen molar-refractivity contribution in [2.75, 3.05) is 6.61 Å². The summed E-state index contributed by atoms with van der Waals surface area (Å²) in [6.45, 7) is 1.92. The largest absolute Gasteiger partial charge is 0.464 e. The van der Waals surface area contributed by atoms with Crippen molar-refractivity contribution < 1.29 is 24.2 Å². The highest BCUT2D eigenvalue weighted by molar-refractivity contribution is 9.10. The smallest absolute Gasteiger partial charge is 0.417 e. The molecule has 7 nitrogen and oxygen atoms in total. The van der Waals surface area contributed by atoms with Gasteiger partial charge in [0.25, 0.3) is 0 Å². The Bertz CT molecular complexity index is 1130. The quantitative estimate of drug-likeness (QED) is 0.555. The van der Waals surface area contributed by atoms with Gasteiger partial charge in [-0.15, -0.1) is 0 Å². The maximum atomic E-state index is 13.3. The Balaban J connectivity index is 1.66. The van der Waals surface area contributed by atoms with E-state index in [1.54, 1.807) is 12.1 Å². The van der Waals surface area contributed by atoms with Crippen molar-refractivity contribution in [3.05, 3.63) is 71.9 Å². The van der Waals surface area contributed by atoms with Crippen molar-refractivity contribution in [3.8, 4) is 0 Å². The van der Waals surface area contributed by atoms with E-state index >= 15 is 0 Å². The molecule has 1 aliphatic rings. The molecule has 1 saturated heterocycles. The van der Waals surface area contributed by atoms with Gasteiger partial charge in [-0.25, -0.2) is 14.5 Å². The molecule has 1 aliphatic heterocycles. The number of ether oxygens (including phenoxy) is 1. The summed E-state index contributed by atoms with van der Waals surface area (Å²) in [6, 6.07) is 15.9. The average Bonchev–Trinajstić information content (AvgIpc) is 3.34. The van der Waals surface area contributed by atoms with Crippen LogP contribution in [0, 0.1) is 0 Å². The molecule has 0 saturated carbocycles. The second kappa shape index (κ2) is 7.95. The molecule has 1 unspecified atom stereocenters. The fourth-order valence-corrected chi connectivity index (χ4v) is 4.32. The number of imide groups is 1. The predicted octanol–water partition coefficient (Wildman–Crippen LogP) is 4.75. The number of carbonyl (C=O) groups is 3. The highest BCUT2D eigenvalue weighted by atomic mass is 79.9. The number of amides is 2. The molecule has 4 rings (SSSR count). The molecular formula is C22H19BrN2O5. The Hall–Kier alpha value is -3.13. The zero-order chi connectivity index (χ0) is 21.4. The average molecular weight is 471 g/mol. The summed E-state index contributed by atoms with van der Waals surface area (Å²) in [5.74, 6) is -0.821. The van der Waals surface area contributed by atoms with Crippen LogP contribution >= 0.6 is 15.9 Å². The lowest BCUT2D eigenvalue weighted by Gasteiger charge is -2.25. The van der Waals surface area contributed by atoms with E-state index < -0.39 is 34.9 Å². The van der Waals surface area contributed by atoms with Crippen LogP contribution < -0.4 is 0 Å². The first-order chi connectivity index (χ1) is 14.4. The van der Waals surface area contributed by atoms with Crippen LogP contribution in [-0.2, 0) is 9.53 Å². The normalized spacial score (nSPS) is 18.3. The second-order valence-corrected chi connectivity index (χ2v) is 8.14. The number of nitrogens with zero attached hydrogens (tertiary/aromatic N) is 2. The molecule has 0 bridgehead atoms. The first-order valence-electron chi connectivity index (χ1n) is 9.42. The van der Waals surface area contributed by atoms with E-state index in [2.05, 4.69) is 15.9 Å². The first-order valence-corrected chi connectivity index (χ1v) is 10.3. The lowest BCUT2D eigenvalue weighted by molar-refractivity contribution is -0.128. The van der Waals surface area contributed by atoms with Gasteiger partial charge in [0.2, 0.25) is 5.91 Å². The Morgan fingerprint density at radius 1 is 1.13 bits per heavy atom. The van der Waals surface area contributed by atoms with Crippen LogP contribution in [0.3, 0.4) is 0 Å². The number of para-hydroxylation sites is 1. The predicted molar refractivity (Wildman–Crippen MR) is 114 cm³/mol. The highest BCUT2D eigenvalue weighted by Gasteiger charge is 2.42. The van der Waals surface area contributed by atoms with Gasteiger partial charge >= 0.3 is 12.2 Å². The number of carbonyl (C=O) groups excluding carboxylic acids is 2. The van der Waals surface area contributed by atoms with Gasteiger partial charge in [-0.1, -0.05) is 71.4 Å². The lowest BCUT2D eigenvalue weighted by atomic mass is 9.96. The highest BCUT2D eigenvalue weighted by Crippen LogP contribution is 2.36. The summed E-state index contributed by atoms with van der Waals surface area (Å²) in [6.07, 6.45) is -0.260. The van der Waals surface area contributed by atoms with Crippen LogP contribution in [0.1, 0.15) is 30.0 Å². The molecule has 154 valence electrons. The van der Waals surface area contributed by atoms with Gasteiger partial charge in [0.05, 0.1) is 5.52 Å². The fourth-order valence-electron chi connectivity index (χ4n) is 3.82. The van der Waals surface area contributed by atoms with Gasteiger partial charge in [-0.2, -0.15) is 0 Å². The van der Waals surface area contributed by atoms with Gasteiger partial charge in [0.1, 0.15) is 17.5 Å². The van der Waals surface area contributed by atoms with E-state index in [4.69, 9.17) is 4.74 Å². The first kappa shape index (κ1) is 20.2. The number of aromatic nitrogens is 1. The summed E-state index contributed by atoms with van der Waals surface area (Å²) >= 11 is 3.46. The minimum atomic E-state index is -1.10. The van der Waals surface area contributed by atoms with Crippen molar-refractivity contribution in [2.45, 2.75) is 23.7 Å². The topological polar surface area (TPSA) is 88.8 Å². The van der Waals surface area contributed by atoms with Crippen molar-refractivity contribution in [1.29, 1.82) is 0 Å². The van der Waals surface area contributed by atoms with Crippen LogP contribution in [0.2, 0.25) is 0 Å². The Labute approximate surface area is 181 Å². The third-order valence-electron chi connectivity index (χ3n) is 5.41. The molecular weight excluding hydrogens is 452 g/mol. The van der Waals surface area contributed by atoms with Gasteiger partial charge in [-0.3, -0.25) is 9.36 Å². The molecule has 1 aromatic heterocycles. The number of fused-ring (bicyclic) bond motifs is 1. The Morgan fingerprint density at radius 3 is 2.50 bits per heavy atom. The summed E-state index contributed by atoms with van der Waals surface area (Å²) in [7, 11) is 0. The van der Waals surface area contributed by atoms with E-state index in [-0.39, 0.29) is 6.61 Å². The van der Waals surface area contributed by atoms with E-state index in [0.29, 0.717) is 11.1 Å². The zero-order valence-corrected chi connectivity index (χ0v) is 17.7. The number of carboxylic acid groups (broad SMARTS) is 1. The molecule has 1 fully saturated rings. The van der Waals surface area contributed by atoms with Crippen molar-refractivity contribution >= 4 is 44.9 Å². The summed E-state index contributed by atoms with van der Waals surface area (Å²) in [4.78, 5) is 37.6. The third-order valence-corrected chi connectivity index (χ3v) is 6.59. The van der Waals surface area contributed by atoms with Gasteiger partial charge in [-0.05, 0) is 17.2 Å². The number of hydrogen-bond acceptors (Lipinski definition) is 4. The molecule has 8 heteroatoms. The van der Waals surface area contributed by atoms with Gasteiger partial charge < -0.3 is 9.84 Å². The molecule has 0 radical (unpaired) electrons. The van der Waals surface area contributed by atoms with Crippen LogP contribution in [0.25, 0.3) is 10.9 Å². The second-order valence-electron chi connectivity index (χ2n) is 7.16. The molecule has 3 atom stereocenters. The van der Waals surface area contributed by atoms with Gasteiger partial charge in [0.15, 0.2) is 0 Å². The number of cyclic esters (lactones) is 1. The Morgan fingerprint density at radius 2 is 1.80 bits per heavy atom. The van der Waals surface area contributed by atoms with Crippen LogP contribution in [0.5, 0.6) is 0 Å². The molecule has 0 spiro atoms. The molecule has 2 amide bonds. The lowest BCUT2D eigenvalue weighted by Crippen LogP contribution is -2.40. The molecule has 3 aromatic rings. The number of benzene rings is 2. The minimum Gasteiger partial charge on any atom is -0.464 e. The summed E-state index contributed by atoms with van der Waals surface area (Å²) in [5.41, 5.74) is 2.06. The maximum Gasteiger partial charge on any atom is 0.417 e. The number of hydrogen-bond donors (Lipinski definition) is 1. The van der Waals surface area contributed by atoms with Gasteiger partial charge in [0, 0.05) is 17.5 Å². The molecule has 0 aliphatic carbocycles. The number of alkyl halides is 1. The third kappa shape index (κ3) is 3.37. The minimum absolute atomic E-state index is 0.0982. The Kier molecular flexibility index (Phi) is 5.34. The van der Waals surface area contributed by atoms with Crippen LogP contribution in [0.15, 0.2) is 60.8 Å². The number of rotatable bonds is 4. The number of halogens is 1. The van der Waals surface area contributed by atoms with Crippen LogP contribution in [0.4, 0.5) is 9.59 Å². The SMILES string of the molecule is C[C@@H](c1cn(C(=O)O)c2ccccc12)[C@@H](Br)C(=O)N1C(=O)OCC1c1ccccc1. The monoisotopic (exact) mass is 470 g/mol. The van der Waals surface area contributed by atoms with Crippen molar-refractivity contribution in [3.63, 3.8) is 0 Å². The van der Waals surface area contributed by atoms with E-state index in [9.17, 15) is 19.5 Å². The summed E-state index contributed by atoms with van der Waals surface area (Å²) < 4.78 is 6.30. The standard InChI is InChI=1S/C22H19BrN2O5/c1-13(16-11-24(21(27)28)17-10-6-5-9-15(16)17)19(23)20(26)25-18(12-30-22(25)29)14-7-3-2-4-8-14/h2-11,13,18-19H,12H2,1H3,(H,27,28)/t13-,18?,19+/m0/s1. The van der Waals surface area contributed by atoms with E-state index in [0.717, 1.165) is 20.4 Å². The molecule has 1 N–H and O–H groups in total. The maximum absolute atomic E-state index is 13.3. The van der Waals surface area contributed by atoms with Crippen LogP contribution in [-0.4, -0.2) is 44.1 Å².